The molecule has 0 radical (unpaired) electrons. The second-order valence-corrected chi connectivity index (χ2v) is 6.16. The standard InChI is InChI=1S/C18H17NO3S/c20-15(17-9-5-11-23-17)13-19(12-14-6-2-1-3-7-14)18(21)16-8-4-10-22-16/h1-11,15,20H,12-13H2. The van der Waals surface area contributed by atoms with Gasteiger partial charge in [0.15, 0.2) is 5.76 Å². The molecule has 4 nitrogen and oxygen atoms in total. The van der Waals surface area contributed by atoms with Crippen LogP contribution >= 0.6 is 11.3 Å². The van der Waals surface area contributed by atoms with Crippen LogP contribution in [0, 0.1) is 0 Å². The number of hydrogen-bond acceptors (Lipinski definition) is 4. The minimum atomic E-state index is -0.711. The van der Waals surface area contributed by atoms with Crippen LogP contribution in [0.15, 0.2) is 70.7 Å². The van der Waals surface area contributed by atoms with E-state index in [0.29, 0.717) is 6.54 Å². The quantitative estimate of drug-likeness (QED) is 0.751. The second kappa shape index (κ2) is 7.26. The first-order valence-electron chi connectivity index (χ1n) is 7.32. The zero-order valence-corrected chi connectivity index (χ0v) is 13.3. The Morgan fingerprint density at radius 2 is 1.96 bits per heavy atom. The molecule has 118 valence electrons. The number of amides is 1. The third-order valence-corrected chi connectivity index (χ3v) is 4.47. The van der Waals surface area contributed by atoms with Gasteiger partial charge in [-0.05, 0) is 29.1 Å². The molecule has 2 aromatic heterocycles. The first kappa shape index (κ1) is 15.5. The lowest BCUT2D eigenvalue weighted by molar-refractivity contribution is 0.0579. The van der Waals surface area contributed by atoms with E-state index in [1.807, 2.05) is 47.8 Å². The Kier molecular flexibility index (Phi) is 4.90. The summed E-state index contributed by atoms with van der Waals surface area (Å²) in [4.78, 5) is 15.1. The molecule has 0 aliphatic rings. The van der Waals surface area contributed by atoms with Gasteiger partial charge in [0, 0.05) is 11.4 Å². The van der Waals surface area contributed by atoms with Crippen molar-refractivity contribution in [3.63, 3.8) is 0 Å². The van der Waals surface area contributed by atoms with E-state index in [4.69, 9.17) is 4.42 Å². The van der Waals surface area contributed by atoms with E-state index in [9.17, 15) is 9.90 Å². The number of carbonyl (C=O) groups excluding carboxylic acids is 1. The molecule has 1 unspecified atom stereocenters. The number of aliphatic hydroxyl groups is 1. The molecule has 0 bridgehead atoms. The van der Waals surface area contributed by atoms with Gasteiger partial charge in [0.25, 0.3) is 5.91 Å². The molecular weight excluding hydrogens is 310 g/mol. The number of hydrogen-bond donors (Lipinski definition) is 1. The van der Waals surface area contributed by atoms with Crippen molar-refractivity contribution in [3.8, 4) is 0 Å². The normalized spacial score (nSPS) is 12.0. The predicted octanol–water partition coefficient (Wildman–Crippen LogP) is 3.72. The third kappa shape index (κ3) is 3.88. The molecular formula is C18H17NO3S. The summed E-state index contributed by atoms with van der Waals surface area (Å²) in [6.07, 6.45) is 0.765. The van der Waals surface area contributed by atoms with E-state index in [1.54, 1.807) is 17.0 Å². The van der Waals surface area contributed by atoms with Gasteiger partial charge in [-0.2, -0.15) is 0 Å². The first-order chi connectivity index (χ1) is 11.2. The molecule has 0 fully saturated rings. The molecule has 0 saturated heterocycles. The molecule has 1 N–H and O–H groups in total. The average Bonchev–Trinajstić information content (AvgIpc) is 3.27. The van der Waals surface area contributed by atoms with Gasteiger partial charge in [0.1, 0.15) is 6.10 Å². The predicted molar refractivity (Wildman–Crippen MR) is 89.2 cm³/mol. The monoisotopic (exact) mass is 327 g/mol. The van der Waals surface area contributed by atoms with Crippen molar-refractivity contribution in [1.29, 1.82) is 0 Å². The van der Waals surface area contributed by atoms with E-state index >= 15 is 0 Å². The Hall–Kier alpha value is -2.37. The van der Waals surface area contributed by atoms with Crippen LogP contribution in [0.2, 0.25) is 0 Å². The van der Waals surface area contributed by atoms with Crippen LogP contribution in [0.4, 0.5) is 0 Å². The second-order valence-electron chi connectivity index (χ2n) is 5.18. The summed E-state index contributed by atoms with van der Waals surface area (Å²) in [5, 5.41) is 12.3. The maximum absolute atomic E-state index is 12.6. The van der Waals surface area contributed by atoms with Gasteiger partial charge >= 0.3 is 0 Å². The molecule has 0 aliphatic carbocycles. The molecule has 0 spiro atoms. The minimum absolute atomic E-state index is 0.217. The Labute approximate surface area is 138 Å². The van der Waals surface area contributed by atoms with Crippen LogP contribution in [-0.4, -0.2) is 22.5 Å². The molecule has 3 rings (SSSR count). The van der Waals surface area contributed by atoms with E-state index in [1.165, 1.54) is 17.6 Å². The molecule has 2 heterocycles. The van der Waals surface area contributed by atoms with Crippen LogP contribution in [0.1, 0.15) is 27.1 Å². The Morgan fingerprint density at radius 1 is 1.13 bits per heavy atom. The highest BCUT2D eigenvalue weighted by atomic mass is 32.1. The van der Waals surface area contributed by atoms with E-state index in [2.05, 4.69) is 0 Å². The SMILES string of the molecule is O=C(c1ccco1)N(Cc1ccccc1)CC(O)c1cccs1. The van der Waals surface area contributed by atoms with Crippen LogP contribution in [0.5, 0.6) is 0 Å². The van der Waals surface area contributed by atoms with Gasteiger partial charge < -0.3 is 14.4 Å². The summed E-state index contributed by atoms with van der Waals surface area (Å²) in [5.74, 6) is 0.0498. The molecule has 3 aromatic rings. The van der Waals surface area contributed by atoms with Gasteiger partial charge in [-0.1, -0.05) is 36.4 Å². The van der Waals surface area contributed by atoms with Crippen LogP contribution in [-0.2, 0) is 6.54 Å². The maximum atomic E-state index is 12.6. The van der Waals surface area contributed by atoms with Crippen molar-refractivity contribution in [2.45, 2.75) is 12.6 Å². The van der Waals surface area contributed by atoms with Crippen molar-refractivity contribution in [2.24, 2.45) is 0 Å². The minimum Gasteiger partial charge on any atom is -0.459 e. The molecule has 1 aromatic carbocycles. The fraction of sp³-hybridized carbons (Fsp3) is 0.167. The van der Waals surface area contributed by atoms with Crippen molar-refractivity contribution in [3.05, 3.63) is 82.4 Å². The zero-order chi connectivity index (χ0) is 16.1. The van der Waals surface area contributed by atoms with Gasteiger partial charge in [0.2, 0.25) is 0 Å². The van der Waals surface area contributed by atoms with Gasteiger partial charge in [0.05, 0.1) is 12.8 Å². The largest absolute Gasteiger partial charge is 0.459 e. The lowest BCUT2D eigenvalue weighted by Crippen LogP contribution is -2.34. The van der Waals surface area contributed by atoms with Gasteiger partial charge in [-0.25, -0.2) is 0 Å². The van der Waals surface area contributed by atoms with E-state index in [0.717, 1.165) is 10.4 Å². The van der Waals surface area contributed by atoms with E-state index in [-0.39, 0.29) is 18.2 Å². The molecule has 0 saturated carbocycles. The third-order valence-electron chi connectivity index (χ3n) is 3.50. The van der Waals surface area contributed by atoms with Crippen LogP contribution in [0.3, 0.4) is 0 Å². The summed E-state index contributed by atoms with van der Waals surface area (Å²) in [6, 6.07) is 16.8. The Morgan fingerprint density at radius 3 is 2.61 bits per heavy atom. The Bertz CT molecular complexity index is 723. The summed E-state index contributed by atoms with van der Waals surface area (Å²) >= 11 is 1.48. The van der Waals surface area contributed by atoms with Crippen molar-refractivity contribution in [2.75, 3.05) is 6.54 Å². The van der Waals surface area contributed by atoms with Crippen molar-refractivity contribution < 1.29 is 14.3 Å². The summed E-state index contributed by atoms with van der Waals surface area (Å²) in [6.45, 7) is 0.637. The molecule has 1 amide bonds. The highest BCUT2D eigenvalue weighted by molar-refractivity contribution is 7.10. The first-order valence-corrected chi connectivity index (χ1v) is 8.20. The number of furan rings is 1. The number of benzene rings is 1. The molecule has 5 heteroatoms. The van der Waals surface area contributed by atoms with E-state index < -0.39 is 6.10 Å². The number of nitrogens with zero attached hydrogens (tertiary/aromatic N) is 1. The fourth-order valence-corrected chi connectivity index (χ4v) is 3.06. The smallest absolute Gasteiger partial charge is 0.289 e. The van der Waals surface area contributed by atoms with Crippen LogP contribution < -0.4 is 0 Å². The van der Waals surface area contributed by atoms with Gasteiger partial charge in [-0.15, -0.1) is 11.3 Å². The average molecular weight is 327 g/mol. The zero-order valence-electron chi connectivity index (χ0n) is 12.5. The summed E-state index contributed by atoms with van der Waals surface area (Å²) in [7, 11) is 0. The molecule has 0 aliphatic heterocycles. The molecule has 23 heavy (non-hydrogen) atoms. The highest BCUT2D eigenvalue weighted by Crippen LogP contribution is 2.21. The number of aliphatic hydroxyl groups excluding tert-OH is 1. The van der Waals surface area contributed by atoms with Gasteiger partial charge in [-0.3, -0.25) is 4.79 Å². The van der Waals surface area contributed by atoms with Crippen molar-refractivity contribution >= 4 is 17.2 Å². The number of carbonyl (C=O) groups is 1. The Balaban J connectivity index is 1.79. The summed E-state index contributed by atoms with van der Waals surface area (Å²) < 4.78 is 5.22. The van der Waals surface area contributed by atoms with Crippen LogP contribution in [0.25, 0.3) is 0 Å². The number of thiophene rings is 1. The maximum Gasteiger partial charge on any atom is 0.289 e. The summed E-state index contributed by atoms with van der Waals surface area (Å²) in [5.41, 5.74) is 1.01. The highest BCUT2D eigenvalue weighted by Gasteiger charge is 2.22. The number of rotatable bonds is 6. The lowest BCUT2D eigenvalue weighted by Gasteiger charge is -2.24. The lowest BCUT2D eigenvalue weighted by atomic mass is 10.2. The van der Waals surface area contributed by atoms with Crippen molar-refractivity contribution in [1.82, 2.24) is 4.90 Å². The molecule has 1 atom stereocenters. The topological polar surface area (TPSA) is 53.7 Å². The fourth-order valence-electron chi connectivity index (χ4n) is 2.36.